The highest BCUT2D eigenvalue weighted by atomic mass is 31.2. The Kier molecular flexibility index (Phi) is 69.7. The Morgan fingerprint density at radius 3 is 0.786 bits per heavy atom. The molecule has 0 aromatic carbocycles. The van der Waals surface area contributed by atoms with E-state index in [4.69, 9.17) is 37.0 Å². The Labute approximate surface area is 597 Å². The number of phosphoric acid groups is 2. The van der Waals surface area contributed by atoms with E-state index in [9.17, 15) is 43.2 Å². The van der Waals surface area contributed by atoms with Gasteiger partial charge in [0.2, 0.25) is 0 Å². The molecule has 98 heavy (non-hydrogen) atoms. The Morgan fingerprint density at radius 2 is 0.500 bits per heavy atom. The van der Waals surface area contributed by atoms with Crippen LogP contribution in [-0.2, 0) is 65.4 Å². The van der Waals surface area contributed by atoms with Crippen molar-refractivity contribution in [2.45, 2.75) is 380 Å². The third kappa shape index (κ3) is 71.2. The third-order valence-corrected chi connectivity index (χ3v) is 18.9. The van der Waals surface area contributed by atoms with Gasteiger partial charge in [-0.15, -0.1) is 0 Å². The Bertz CT molecular complexity index is 2100. The number of allylic oxidation sites excluding steroid dienone is 10. The molecule has 0 saturated carbocycles. The van der Waals surface area contributed by atoms with Crippen LogP contribution in [0.15, 0.2) is 60.8 Å². The van der Waals surface area contributed by atoms with Gasteiger partial charge in [-0.2, -0.15) is 0 Å². The number of hydrogen-bond donors (Lipinski definition) is 3. The highest BCUT2D eigenvalue weighted by molar-refractivity contribution is 7.47. The number of rotatable bonds is 75. The first-order chi connectivity index (χ1) is 47.7. The average molecular weight is 1430 g/mol. The lowest BCUT2D eigenvalue weighted by Gasteiger charge is -2.21. The first-order valence-electron chi connectivity index (χ1n) is 39.5. The van der Waals surface area contributed by atoms with Crippen LogP contribution in [-0.4, -0.2) is 96.7 Å². The summed E-state index contributed by atoms with van der Waals surface area (Å²) in [5.41, 5.74) is 0. The smallest absolute Gasteiger partial charge is 0.462 e. The van der Waals surface area contributed by atoms with Gasteiger partial charge in [-0.1, -0.05) is 281 Å². The van der Waals surface area contributed by atoms with Gasteiger partial charge in [-0.3, -0.25) is 37.3 Å². The van der Waals surface area contributed by atoms with Gasteiger partial charge in [0, 0.05) is 25.7 Å². The van der Waals surface area contributed by atoms with E-state index < -0.39 is 97.5 Å². The number of phosphoric ester groups is 2. The number of carbonyl (C=O) groups excluding carboxylic acids is 4. The summed E-state index contributed by atoms with van der Waals surface area (Å²) in [6.45, 7) is 4.84. The maximum atomic E-state index is 13.1. The molecule has 0 amide bonds. The second-order valence-corrected chi connectivity index (χ2v) is 29.6. The minimum absolute atomic E-state index is 0.0792. The zero-order valence-electron chi connectivity index (χ0n) is 62.5. The fraction of sp³-hybridized carbons (Fsp3) is 0.823. The lowest BCUT2D eigenvalue weighted by molar-refractivity contribution is -0.161. The molecule has 0 rings (SSSR count). The molecule has 0 bridgehead atoms. The summed E-state index contributed by atoms with van der Waals surface area (Å²) in [4.78, 5) is 72.9. The number of carbonyl (C=O) groups is 4. The number of aliphatic hydroxyl groups is 1. The molecule has 3 N–H and O–H groups in total. The van der Waals surface area contributed by atoms with Crippen LogP contribution in [0.4, 0.5) is 0 Å². The van der Waals surface area contributed by atoms with E-state index in [-0.39, 0.29) is 25.7 Å². The van der Waals surface area contributed by atoms with Crippen molar-refractivity contribution in [3.63, 3.8) is 0 Å². The highest BCUT2D eigenvalue weighted by Gasteiger charge is 2.30. The normalized spacial score (nSPS) is 14.2. The summed E-state index contributed by atoms with van der Waals surface area (Å²) in [6.07, 6.45) is 70.5. The van der Waals surface area contributed by atoms with Crippen LogP contribution in [0, 0.1) is 0 Å². The van der Waals surface area contributed by atoms with Gasteiger partial charge in [0.25, 0.3) is 0 Å². The van der Waals surface area contributed by atoms with Crippen molar-refractivity contribution in [3.05, 3.63) is 60.8 Å². The number of ether oxygens (including phenoxy) is 4. The van der Waals surface area contributed by atoms with Crippen LogP contribution >= 0.6 is 15.6 Å². The van der Waals surface area contributed by atoms with Gasteiger partial charge in [-0.25, -0.2) is 9.13 Å². The molecule has 0 aliphatic rings. The van der Waals surface area contributed by atoms with Gasteiger partial charge in [0.1, 0.15) is 19.3 Å². The van der Waals surface area contributed by atoms with E-state index in [0.29, 0.717) is 25.7 Å². The lowest BCUT2D eigenvalue weighted by Crippen LogP contribution is -2.30. The molecule has 0 aliphatic carbocycles. The molecule has 0 heterocycles. The molecule has 0 saturated heterocycles. The number of aliphatic hydroxyl groups excluding tert-OH is 1. The summed E-state index contributed by atoms with van der Waals surface area (Å²) in [6, 6.07) is 0. The molecule has 0 aromatic rings. The predicted molar refractivity (Wildman–Crippen MR) is 400 cm³/mol. The van der Waals surface area contributed by atoms with Gasteiger partial charge in [0.05, 0.1) is 26.4 Å². The molecular formula is C79H144O17P2. The fourth-order valence-electron chi connectivity index (χ4n) is 10.9. The van der Waals surface area contributed by atoms with Crippen LogP contribution in [0.5, 0.6) is 0 Å². The summed E-state index contributed by atoms with van der Waals surface area (Å²) in [5.74, 6) is -2.18. The Balaban J connectivity index is 5.34. The lowest BCUT2D eigenvalue weighted by atomic mass is 10.0. The summed E-state index contributed by atoms with van der Waals surface area (Å²) < 4.78 is 68.5. The highest BCUT2D eigenvalue weighted by Crippen LogP contribution is 2.45. The van der Waals surface area contributed by atoms with Crippen molar-refractivity contribution >= 4 is 39.5 Å². The van der Waals surface area contributed by atoms with Gasteiger partial charge in [-0.05, 0) is 116 Å². The number of esters is 4. The predicted octanol–water partition coefficient (Wildman–Crippen LogP) is 22.7. The molecule has 572 valence electrons. The molecule has 5 atom stereocenters. The van der Waals surface area contributed by atoms with E-state index in [1.165, 1.54) is 128 Å². The van der Waals surface area contributed by atoms with Crippen molar-refractivity contribution < 1.29 is 80.2 Å². The van der Waals surface area contributed by atoms with E-state index in [1.807, 2.05) is 0 Å². The van der Waals surface area contributed by atoms with Crippen LogP contribution in [0.3, 0.4) is 0 Å². The van der Waals surface area contributed by atoms with Crippen LogP contribution in [0.25, 0.3) is 0 Å². The summed E-state index contributed by atoms with van der Waals surface area (Å²) >= 11 is 0. The second kappa shape index (κ2) is 72.1. The maximum Gasteiger partial charge on any atom is 0.472 e. The van der Waals surface area contributed by atoms with Crippen LogP contribution in [0.2, 0.25) is 0 Å². The van der Waals surface area contributed by atoms with E-state index >= 15 is 0 Å². The SMILES string of the molecule is CCCCC/C=C\C/C=C\CCCCCCCC(=O)OCC(COP(=O)(O)OCC(O)COP(=O)(O)OCC(COC(=O)CCCCCCC/C=C\CCCCCCCC)OC(=O)CCCCCCCCCCCCCCC)OC(=O)CCCCCCC/C=C\C/C=C\CCCCC. The molecule has 0 radical (unpaired) electrons. The van der Waals surface area contributed by atoms with Gasteiger partial charge >= 0.3 is 39.5 Å². The fourth-order valence-corrected chi connectivity index (χ4v) is 12.4. The molecule has 19 heteroatoms. The quantitative estimate of drug-likeness (QED) is 0.0169. The molecule has 0 spiro atoms. The first-order valence-corrected chi connectivity index (χ1v) is 42.5. The van der Waals surface area contributed by atoms with Crippen LogP contribution in [0.1, 0.15) is 362 Å². The first kappa shape index (κ1) is 94.8. The largest absolute Gasteiger partial charge is 0.472 e. The number of hydrogen-bond acceptors (Lipinski definition) is 15. The second-order valence-electron chi connectivity index (χ2n) is 26.7. The number of unbranched alkanes of at least 4 members (excludes halogenated alkanes) is 39. The van der Waals surface area contributed by atoms with Crippen molar-refractivity contribution in [1.29, 1.82) is 0 Å². The zero-order valence-corrected chi connectivity index (χ0v) is 64.3. The van der Waals surface area contributed by atoms with Crippen molar-refractivity contribution in [2.75, 3.05) is 39.6 Å². The van der Waals surface area contributed by atoms with Crippen LogP contribution < -0.4 is 0 Å². The molecule has 0 fully saturated rings. The molecular weight excluding hydrogens is 1280 g/mol. The third-order valence-electron chi connectivity index (χ3n) is 17.0. The van der Waals surface area contributed by atoms with E-state index in [1.54, 1.807) is 0 Å². The minimum Gasteiger partial charge on any atom is -0.462 e. The van der Waals surface area contributed by atoms with E-state index in [0.717, 1.165) is 154 Å². The topological polar surface area (TPSA) is 237 Å². The molecule has 5 unspecified atom stereocenters. The average Bonchev–Trinajstić information content (AvgIpc) is 1.04. The van der Waals surface area contributed by atoms with Crippen molar-refractivity contribution in [3.8, 4) is 0 Å². The molecule has 0 aliphatic heterocycles. The Morgan fingerprint density at radius 1 is 0.286 bits per heavy atom. The Hall–Kier alpha value is -3.24. The minimum atomic E-state index is -4.98. The van der Waals surface area contributed by atoms with Gasteiger partial charge < -0.3 is 33.8 Å². The summed E-state index contributed by atoms with van der Waals surface area (Å²) in [7, 11) is -9.94. The van der Waals surface area contributed by atoms with Gasteiger partial charge in [0.15, 0.2) is 12.2 Å². The standard InChI is InChI=1S/C79H144O17P2/c1-5-9-13-17-21-25-29-33-36-40-43-47-51-55-59-63-76(81)89-69-74(95-78(83)65-61-57-53-49-45-39-32-28-24-20-16-12-8-4)71-93-97(85,86)91-67-73(80)68-92-98(87,88)94-72-75(96-79(84)66-62-58-54-50-46-42-38-35-31-27-23-19-15-11-7-3)70-90-77(82)64-60-56-52-48-44-41-37-34-30-26-22-18-14-10-6-2/h22-23,26-27,33-38,73-75,80H,5-21,24-25,28-32,39-72H2,1-4H3,(H,85,86)(H,87,88)/b26-22-,27-23-,36-33-,37-34-,38-35-. The molecule has 17 nitrogen and oxygen atoms in total. The monoisotopic (exact) mass is 1430 g/mol. The zero-order chi connectivity index (χ0) is 71.8. The van der Waals surface area contributed by atoms with Crippen molar-refractivity contribution in [1.82, 2.24) is 0 Å². The summed E-state index contributed by atoms with van der Waals surface area (Å²) in [5, 5.41) is 10.6. The maximum absolute atomic E-state index is 13.1. The van der Waals surface area contributed by atoms with Crippen molar-refractivity contribution in [2.24, 2.45) is 0 Å². The van der Waals surface area contributed by atoms with E-state index in [2.05, 4.69) is 88.5 Å². The molecule has 0 aromatic heterocycles.